The van der Waals surface area contributed by atoms with Crippen molar-refractivity contribution in [2.75, 3.05) is 31.4 Å². The van der Waals surface area contributed by atoms with Gasteiger partial charge in [0.2, 0.25) is 0 Å². The number of carbonyl (C=O) groups is 1. The van der Waals surface area contributed by atoms with E-state index in [9.17, 15) is 4.79 Å². The molecular weight excluding hydrogens is 372 g/mol. The molecule has 1 amide bonds. The van der Waals surface area contributed by atoms with E-state index in [2.05, 4.69) is 26.0 Å². The molecule has 1 aromatic carbocycles. The van der Waals surface area contributed by atoms with E-state index in [1.807, 2.05) is 32.0 Å². The van der Waals surface area contributed by atoms with E-state index in [0.29, 0.717) is 36.1 Å². The van der Waals surface area contributed by atoms with Crippen molar-refractivity contribution in [2.24, 2.45) is 0 Å². The van der Waals surface area contributed by atoms with Crippen molar-refractivity contribution in [3.05, 3.63) is 41.1 Å². The molecule has 3 aromatic rings. The molecular formula is C20H24N6O3. The molecule has 0 aliphatic carbocycles. The van der Waals surface area contributed by atoms with Gasteiger partial charge in [-0.3, -0.25) is 4.79 Å². The summed E-state index contributed by atoms with van der Waals surface area (Å²) >= 11 is 0. The van der Waals surface area contributed by atoms with Gasteiger partial charge in [0, 0.05) is 19.2 Å². The monoisotopic (exact) mass is 396 g/mol. The number of amides is 1. The second kappa shape index (κ2) is 7.59. The Bertz CT molecular complexity index is 1080. The maximum Gasteiger partial charge on any atom is 0.257 e. The zero-order chi connectivity index (χ0) is 20.5. The van der Waals surface area contributed by atoms with Crippen LogP contribution < -0.4 is 20.7 Å². The van der Waals surface area contributed by atoms with Crippen LogP contribution in [0.5, 0.6) is 5.75 Å². The molecule has 152 valence electrons. The van der Waals surface area contributed by atoms with Crippen molar-refractivity contribution in [3.8, 4) is 5.75 Å². The average molecular weight is 396 g/mol. The molecule has 4 rings (SSSR count). The molecule has 4 bridgehead atoms. The molecule has 0 saturated carbocycles. The van der Waals surface area contributed by atoms with Gasteiger partial charge in [0.15, 0.2) is 5.65 Å². The number of hydrogen-bond acceptors (Lipinski definition) is 7. The zero-order valence-electron chi connectivity index (χ0n) is 16.9. The number of carbonyl (C=O) groups excluding carboxylic acids is 1. The van der Waals surface area contributed by atoms with Crippen LogP contribution in [-0.2, 0) is 11.3 Å². The molecule has 2 aromatic heterocycles. The first-order valence-corrected chi connectivity index (χ1v) is 9.40. The van der Waals surface area contributed by atoms with Crippen LogP contribution in [0.25, 0.3) is 5.65 Å². The van der Waals surface area contributed by atoms with Crippen LogP contribution in [0.1, 0.15) is 28.4 Å². The Kier molecular flexibility index (Phi) is 4.98. The first kappa shape index (κ1) is 19.0. The molecule has 0 spiro atoms. The molecule has 0 unspecified atom stereocenters. The Balaban J connectivity index is 1.90. The molecule has 9 nitrogen and oxygen atoms in total. The Labute approximate surface area is 168 Å². The maximum atomic E-state index is 12.8. The summed E-state index contributed by atoms with van der Waals surface area (Å²) in [7, 11) is 3.43. The third kappa shape index (κ3) is 3.56. The zero-order valence-corrected chi connectivity index (χ0v) is 16.9. The number of aromatic nitrogens is 3. The van der Waals surface area contributed by atoms with Crippen LogP contribution in [0.3, 0.4) is 0 Å². The third-order valence-electron chi connectivity index (χ3n) is 4.79. The lowest BCUT2D eigenvalue weighted by atomic mass is 10.1. The predicted molar refractivity (Wildman–Crippen MR) is 110 cm³/mol. The second-order valence-electron chi connectivity index (χ2n) is 7.08. The van der Waals surface area contributed by atoms with Crippen molar-refractivity contribution in [3.63, 3.8) is 0 Å². The quantitative estimate of drug-likeness (QED) is 0.612. The van der Waals surface area contributed by atoms with Crippen LogP contribution in [0.15, 0.2) is 24.4 Å². The van der Waals surface area contributed by atoms with Crippen LogP contribution >= 0.6 is 0 Å². The number of fused-ring (bicyclic) bond motifs is 3. The smallest absolute Gasteiger partial charge is 0.257 e. The van der Waals surface area contributed by atoms with E-state index in [1.54, 1.807) is 18.7 Å². The highest BCUT2D eigenvalue weighted by Gasteiger charge is 2.20. The molecule has 1 aliphatic heterocycles. The fraction of sp³-hybridized carbons (Fsp3) is 0.350. The van der Waals surface area contributed by atoms with Crippen molar-refractivity contribution in [1.82, 2.24) is 19.9 Å². The fourth-order valence-electron chi connectivity index (χ4n) is 3.50. The summed E-state index contributed by atoms with van der Waals surface area (Å²) in [5, 5.41) is 13.7. The predicted octanol–water partition coefficient (Wildman–Crippen LogP) is 2.48. The maximum absolute atomic E-state index is 12.8. The van der Waals surface area contributed by atoms with Gasteiger partial charge in [0.1, 0.15) is 22.9 Å². The number of anilines is 3. The number of methoxy groups -OCH3 is 1. The average Bonchev–Trinajstić information content (AvgIpc) is 3.10. The Morgan fingerprint density at radius 2 is 2.17 bits per heavy atom. The summed E-state index contributed by atoms with van der Waals surface area (Å²) in [5.74, 6) is 1.75. The number of nitrogens with one attached hydrogen (secondary N) is 3. The molecule has 0 saturated heterocycles. The van der Waals surface area contributed by atoms with Crippen molar-refractivity contribution >= 4 is 28.9 Å². The summed E-state index contributed by atoms with van der Waals surface area (Å²) < 4.78 is 13.0. The minimum Gasteiger partial charge on any atom is -0.494 e. The molecule has 9 heteroatoms. The number of nitrogens with zero attached hydrogens (tertiary/aromatic N) is 3. The normalized spacial score (nSPS) is 16.8. The van der Waals surface area contributed by atoms with E-state index in [-0.39, 0.29) is 11.9 Å². The highest BCUT2D eigenvalue weighted by atomic mass is 16.5. The van der Waals surface area contributed by atoms with Crippen LogP contribution in [0, 0.1) is 6.92 Å². The first-order valence-electron chi connectivity index (χ1n) is 9.40. The number of hydrogen-bond donors (Lipinski definition) is 3. The summed E-state index contributed by atoms with van der Waals surface area (Å²) in [4.78, 5) is 17.4. The summed E-state index contributed by atoms with van der Waals surface area (Å²) in [6.07, 6.45) is 1.52. The number of benzene rings is 1. The van der Waals surface area contributed by atoms with Gasteiger partial charge in [-0.2, -0.15) is 9.61 Å². The van der Waals surface area contributed by atoms with Gasteiger partial charge in [0.25, 0.3) is 5.91 Å². The second-order valence-corrected chi connectivity index (χ2v) is 7.08. The van der Waals surface area contributed by atoms with Gasteiger partial charge in [-0.05, 0) is 37.1 Å². The van der Waals surface area contributed by atoms with Crippen molar-refractivity contribution < 1.29 is 14.3 Å². The molecule has 29 heavy (non-hydrogen) atoms. The molecule has 0 radical (unpaired) electrons. The van der Waals surface area contributed by atoms with E-state index in [4.69, 9.17) is 9.47 Å². The van der Waals surface area contributed by atoms with Crippen LogP contribution in [-0.4, -0.2) is 47.3 Å². The minimum absolute atomic E-state index is 0.163. The van der Waals surface area contributed by atoms with E-state index in [0.717, 1.165) is 22.6 Å². The van der Waals surface area contributed by atoms with Gasteiger partial charge in [-0.25, -0.2) is 4.98 Å². The summed E-state index contributed by atoms with van der Waals surface area (Å²) in [6.45, 7) is 4.70. The van der Waals surface area contributed by atoms with Crippen molar-refractivity contribution in [1.29, 1.82) is 0 Å². The van der Waals surface area contributed by atoms with E-state index in [1.165, 1.54) is 6.20 Å². The third-order valence-corrected chi connectivity index (χ3v) is 4.79. The highest BCUT2D eigenvalue weighted by Crippen LogP contribution is 2.33. The molecule has 1 atom stereocenters. The topological polar surface area (TPSA) is 102 Å². The highest BCUT2D eigenvalue weighted by molar-refractivity contribution is 6.00. The van der Waals surface area contributed by atoms with Crippen LogP contribution in [0.4, 0.5) is 17.3 Å². The van der Waals surface area contributed by atoms with E-state index < -0.39 is 0 Å². The minimum atomic E-state index is -0.244. The van der Waals surface area contributed by atoms with E-state index >= 15 is 0 Å². The van der Waals surface area contributed by atoms with Crippen molar-refractivity contribution in [2.45, 2.75) is 26.5 Å². The Hall–Kier alpha value is -3.33. The lowest BCUT2D eigenvalue weighted by molar-refractivity contribution is 0.0821. The van der Waals surface area contributed by atoms with Gasteiger partial charge < -0.3 is 25.4 Å². The molecule has 3 heterocycles. The fourth-order valence-corrected chi connectivity index (χ4v) is 3.50. The lowest BCUT2D eigenvalue weighted by Crippen LogP contribution is -2.35. The number of rotatable bonds is 2. The SMILES string of the molecule is CNc1cc2nc3c(cnn13)C(=O)N[C@H](C)COCc1cc(C)c(OC)c(c1)N2. The van der Waals surface area contributed by atoms with Gasteiger partial charge in [-0.15, -0.1) is 0 Å². The van der Waals surface area contributed by atoms with Gasteiger partial charge in [0.05, 0.1) is 32.2 Å². The Morgan fingerprint density at radius 1 is 1.34 bits per heavy atom. The number of ether oxygens (including phenoxy) is 2. The lowest BCUT2D eigenvalue weighted by Gasteiger charge is -2.18. The number of aryl methyl sites for hydroxylation is 1. The standard InChI is InChI=1S/C20H24N6O3/c1-11-5-13-6-15(18(11)28-4)24-16-7-17(21-3)26-19(25-16)14(8-22-26)20(27)23-12(2)9-29-10-13/h5-8,12,21H,9-10H2,1-4H3,(H,23,27)(H,24,25)/t12-/m1/s1. The largest absolute Gasteiger partial charge is 0.494 e. The van der Waals surface area contributed by atoms with Gasteiger partial charge in [-0.1, -0.05) is 0 Å². The molecule has 0 fully saturated rings. The van der Waals surface area contributed by atoms with Crippen LogP contribution in [0.2, 0.25) is 0 Å². The van der Waals surface area contributed by atoms with Gasteiger partial charge >= 0.3 is 0 Å². The molecule has 1 aliphatic rings. The molecule has 3 N–H and O–H groups in total. The summed E-state index contributed by atoms with van der Waals surface area (Å²) in [5.41, 5.74) is 3.62. The first-order chi connectivity index (χ1) is 14.0. The summed E-state index contributed by atoms with van der Waals surface area (Å²) in [6, 6.07) is 5.69. The Morgan fingerprint density at radius 3 is 2.93 bits per heavy atom.